The van der Waals surface area contributed by atoms with Gasteiger partial charge in [0.25, 0.3) is 5.91 Å². The SMILES string of the molecule is O=C(c1cnc2c(c1)ncn2Cc1ccccc1)N1[C@@H]2CC[C@H]1CC(CO)C2. The van der Waals surface area contributed by atoms with Gasteiger partial charge in [-0.1, -0.05) is 30.3 Å². The lowest BCUT2D eigenvalue weighted by Gasteiger charge is -2.38. The Hall–Kier alpha value is -2.73. The van der Waals surface area contributed by atoms with Gasteiger partial charge in [-0.2, -0.15) is 0 Å². The van der Waals surface area contributed by atoms with Gasteiger partial charge in [-0.05, 0) is 43.2 Å². The lowest BCUT2D eigenvalue weighted by Crippen LogP contribution is -2.47. The maximum atomic E-state index is 13.2. The number of aliphatic hydroxyl groups is 1. The minimum absolute atomic E-state index is 0.0518. The third kappa shape index (κ3) is 2.98. The van der Waals surface area contributed by atoms with Crippen LogP contribution in [0.2, 0.25) is 0 Å². The topological polar surface area (TPSA) is 71.2 Å². The number of piperidine rings is 1. The van der Waals surface area contributed by atoms with Crippen LogP contribution >= 0.6 is 0 Å². The molecule has 6 nitrogen and oxygen atoms in total. The Morgan fingerprint density at radius 2 is 1.86 bits per heavy atom. The lowest BCUT2D eigenvalue weighted by atomic mass is 9.91. The lowest BCUT2D eigenvalue weighted by molar-refractivity contribution is 0.0453. The maximum Gasteiger partial charge on any atom is 0.255 e. The van der Waals surface area contributed by atoms with Crippen molar-refractivity contribution in [1.82, 2.24) is 19.4 Å². The highest BCUT2D eigenvalue weighted by Crippen LogP contribution is 2.39. The summed E-state index contributed by atoms with van der Waals surface area (Å²) in [6.07, 6.45) is 7.35. The second kappa shape index (κ2) is 7.02. The van der Waals surface area contributed by atoms with E-state index in [1.165, 1.54) is 5.56 Å². The zero-order chi connectivity index (χ0) is 19.1. The molecule has 1 N–H and O–H groups in total. The molecule has 28 heavy (non-hydrogen) atoms. The molecule has 2 bridgehead atoms. The van der Waals surface area contributed by atoms with Crippen molar-refractivity contribution < 1.29 is 9.90 Å². The van der Waals surface area contributed by atoms with Crippen molar-refractivity contribution in [2.75, 3.05) is 6.61 Å². The Kier molecular flexibility index (Phi) is 4.36. The molecule has 2 fully saturated rings. The number of benzene rings is 1. The molecule has 4 heterocycles. The number of pyridine rings is 1. The van der Waals surface area contributed by atoms with Crippen LogP contribution < -0.4 is 0 Å². The molecule has 2 aliphatic rings. The van der Waals surface area contributed by atoms with Gasteiger partial charge in [0.2, 0.25) is 0 Å². The second-order valence-electron chi connectivity index (χ2n) is 8.04. The molecule has 2 aromatic heterocycles. The predicted molar refractivity (Wildman–Crippen MR) is 106 cm³/mol. The zero-order valence-corrected chi connectivity index (χ0v) is 15.7. The van der Waals surface area contributed by atoms with E-state index in [9.17, 15) is 9.90 Å². The molecule has 1 unspecified atom stereocenters. The van der Waals surface area contributed by atoms with E-state index < -0.39 is 0 Å². The predicted octanol–water partition coefficient (Wildman–Crippen LogP) is 2.86. The van der Waals surface area contributed by atoms with Crippen LogP contribution in [-0.4, -0.2) is 49.1 Å². The number of aromatic nitrogens is 3. The first-order chi connectivity index (χ1) is 13.7. The van der Waals surface area contributed by atoms with Crippen molar-refractivity contribution in [3.05, 3.63) is 60.0 Å². The number of hydrogen-bond acceptors (Lipinski definition) is 4. The average molecular weight is 376 g/mol. The quantitative estimate of drug-likeness (QED) is 0.760. The molecule has 0 spiro atoms. The monoisotopic (exact) mass is 376 g/mol. The number of aliphatic hydroxyl groups excluding tert-OH is 1. The van der Waals surface area contributed by atoms with Gasteiger partial charge in [0.1, 0.15) is 5.52 Å². The highest BCUT2D eigenvalue weighted by molar-refractivity contribution is 5.97. The van der Waals surface area contributed by atoms with E-state index in [4.69, 9.17) is 0 Å². The Labute approximate surface area is 163 Å². The number of rotatable bonds is 4. The van der Waals surface area contributed by atoms with Crippen molar-refractivity contribution in [1.29, 1.82) is 0 Å². The first kappa shape index (κ1) is 17.4. The van der Waals surface area contributed by atoms with Crippen molar-refractivity contribution in [2.24, 2.45) is 5.92 Å². The molecule has 3 atom stereocenters. The minimum Gasteiger partial charge on any atom is -0.396 e. The number of amides is 1. The molecule has 6 heteroatoms. The standard InChI is InChI=1S/C22H24N4O2/c27-13-16-8-18-6-7-19(9-16)26(18)22(28)17-10-20-21(23-11-17)25(14-24-20)12-15-4-2-1-3-5-15/h1-5,10-11,14,16,18-19,27H,6-9,12-13H2/t16?,18-,19+. The number of carbonyl (C=O) groups is 1. The summed E-state index contributed by atoms with van der Waals surface area (Å²) < 4.78 is 2.01. The highest BCUT2D eigenvalue weighted by atomic mass is 16.3. The van der Waals surface area contributed by atoms with E-state index in [1.807, 2.05) is 33.7 Å². The van der Waals surface area contributed by atoms with Crippen LogP contribution in [0.4, 0.5) is 0 Å². The molecular formula is C22H24N4O2. The van der Waals surface area contributed by atoms with Gasteiger partial charge in [0.15, 0.2) is 5.65 Å². The van der Waals surface area contributed by atoms with Gasteiger partial charge in [-0.15, -0.1) is 0 Å². The van der Waals surface area contributed by atoms with Crippen molar-refractivity contribution in [3.63, 3.8) is 0 Å². The largest absolute Gasteiger partial charge is 0.396 e. The van der Waals surface area contributed by atoms with Crippen LogP contribution in [0.15, 0.2) is 48.9 Å². The Balaban J connectivity index is 1.39. The Bertz CT molecular complexity index is 986. The summed E-state index contributed by atoms with van der Waals surface area (Å²) in [4.78, 5) is 24.3. The van der Waals surface area contributed by atoms with E-state index in [1.54, 1.807) is 12.5 Å². The summed E-state index contributed by atoms with van der Waals surface area (Å²) >= 11 is 0. The number of nitrogens with zero attached hydrogens (tertiary/aromatic N) is 4. The smallest absolute Gasteiger partial charge is 0.255 e. The fourth-order valence-electron chi connectivity index (χ4n) is 4.88. The molecule has 0 saturated carbocycles. The van der Waals surface area contributed by atoms with Gasteiger partial charge in [0, 0.05) is 24.9 Å². The third-order valence-corrected chi connectivity index (χ3v) is 6.22. The third-order valence-electron chi connectivity index (χ3n) is 6.22. The van der Waals surface area contributed by atoms with Gasteiger partial charge >= 0.3 is 0 Å². The summed E-state index contributed by atoms with van der Waals surface area (Å²) in [7, 11) is 0. The summed E-state index contributed by atoms with van der Waals surface area (Å²) in [5.41, 5.74) is 3.34. The van der Waals surface area contributed by atoms with Crippen molar-refractivity contribution in [2.45, 2.75) is 44.3 Å². The summed E-state index contributed by atoms with van der Waals surface area (Å²) in [5.74, 6) is 0.381. The van der Waals surface area contributed by atoms with Crippen molar-refractivity contribution >= 4 is 17.1 Å². The fourth-order valence-corrected chi connectivity index (χ4v) is 4.88. The Morgan fingerprint density at radius 3 is 2.57 bits per heavy atom. The van der Waals surface area contributed by atoms with Crippen LogP contribution in [0.5, 0.6) is 0 Å². The average Bonchev–Trinajstić information content (AvgIpc) is 3.25. The van der Waals surface area contributed by atoms with Crippen LogP contribution in [0, 0.1) is 5.92 Å². The number of hydrogen-bond donors (Lipinski definition) is 1. The zero-order valence-electron chi connectivity index (χ0n) is 15.7. The molecular weight excluding hydrogens is 352 g/mol. The normalized spacial score (nSPS) is 24.0. The fraction of sp³-hybridized carbons (Fsp3) is 0.409. The molecule has 3 aromatic rings. The molecule has 0 aliphatic carbocycles. The molecule has 0 radical (unpaired) electrons. The van der Waals surface area contributed by atoms with Crippen LogP contribution in [-0.2, 0) is 6.54 Å². The summed E-state index contributed by atoms with van der Waals surface area (Å²) in [6.45, 7) is 0.928. The molecule has 144 valence electrons. The number of fused-ring (bicyclic) bond motifs is 3. The van der Waals surface area contributed by atoms with Gasteiger partial charge in [0.05, 0.1) is 18.4 Å². The van der Waals surface area contributed by atoms with Gasteiger partial charge < -0.3 is 14.6 Å². The van der Waals surface area contributed by atoms with E-state index in [-0.39, 0.29) is 24.6 Å². The van der Waals surface area contributed by atoms with E-state index in [2.05, 4.69) is 22.1 Å². The first-order valence-electron chi connectivity index (χ1n) is 10.0. The first-order valence-corrected chi connectivity index (χ1v) is 10.0. The molecule has 1 amide bonds. The second-order valence-corrected chi connectivity index (χ2v) is 8.04. The number of carbonyl (C=O) groups excluding carboxylic acids is 1. The van der Waals surface area contributed by atoms with Crippen LogP contribution in [0.25, 0.3) is 11.2 Å². The summed E-state index contributed by atoms with van der Waals surface area (Å²) in [5, 5.41) is 9.50. The molecule has 1 aromatic carbocycles. The maximum absolute atomic E-state index is 13.2. The van der Waals surface area contributed by atoms with E-state index >= 15 is 0 Å². The highest BCUT2D eigenvalue weighted by Gasteiger charge is 2.43. The van der Waals surface area contributed by atoms with Gasteiger partial charge in [-0.25, -0.2) is 9.97 Å². The van der Waals surface area contributed by atoms with Crippen molar-refractivity contribution in [3.8, 4) is 0 Å². The van der Waals surface area contributed by atoms with Crippen LogP contribution in [0.1, 0.15) is 41.6 Å². The van der Waals surface area contributed by atoms with E-state index in [0.717, 1.165) is 36.8 Å². The van der Waals surface area contributed by atoms with Crippen LogP contribution in [0.3, 0.4) is 0 Å². The summed E-state index contributed by atoms with van der Waals surface area (Å²) in [6, 6.07) is 12.6. The molecule has 5 rings (SSSR count). The van der Waals surface area contributed by atoms with E-state index in [0.29, 0.717) is 18.0 Å². The molecule has 2 aliphatic heterocycles. The number of imidazole rings is 1. The Morgan fingerprint density at radius 1 is 1.11 bits per heavy atom. The molecule has 2 saturated heterocycles. The van der Waals surface area contributed by atoms with Gasteiger partial charge in [-0.3, -0.25) is 4.79 Å². The minimum atomic E-state index is 0.0518.